The summed E-state index contributed by atoms with van der Waals surface area (Å²) in [5, 5.41) is 3.53. The average Bonchev–Trinajstić information content (AvgIpc) is 3.15. The number of hydrogen-bond acceptors (Lipinski definition) is 4. The molecule has 28 heavy (non-hydrogen) atoms. The second-order valence-corrected chi connectivity index (χ2v) is 8.75. The molecule has 3 aromatic rings. The van der Waals surface area contributed by atoms with Crippen molar-refractivity contribution >= 4 is 27.3 Å². The molecule has 1 atom stereocenters. The van der Waals surface area contributed by atoms with E-state index in [0.717, 1.165) is 5.56 Å². The van der Waals surface area contributed by atoms with E-state index < -0.39 is 15.7 Å². The molecule has 0 saturated heterocycles. The summed E-state index contributed by atoms with van der Waals surface area (Å²) in [7, 11) is -3.54. The van der Waals surface area contributed by atoms with Gasteiger partial charge in [0.15, 0.2) is 15.6 Å². The number of benzene rings is 2. The average molecular weight is 418 g/mol. The summed E-state index contributed by atoms with van der Waals surface area (Å²) in [6.45, 7) is 1.96. The van der Waals surface area contributed by atoms with Crippen molar-refractivity contribution in [3.05, 3.63) is 88.8 Å². The van der Waals surface area contributed by atoms with Crippen molar-refractivity contribution in [3.63, 3.8) is 0 Å². The predicted octanol–water partition coefficient (Wildman–Crippen LogP) is 4.79. The zero-order valence-electron chi connectivity index (χ0n) is 15.3. The molecular formula is C21H20ClNO4S. The molecule has 0 saturated carbocycles. The lowest BCUT2D eigenvalue weighted by Crippen LogP contribution is -2.27. The highest BCUT2D eigenvalue weighted by atomic mass is 35.5. The highest BCUT2D eigenvalue weighted by Gasteiger charge is 2.20. The minimum Gasteiger partial charge on any atom is -0.455 e. The first-order valence-electron chi connectivity index (χ1n) is 8.82. The van der Waals surface area contributed by atoms with Gasteiger partial charge in [-0.15, -0.1) is 0 Å². The van der Waals surface area contributed by atoms with Gasteiger partial charge in [-0.1, -0.05) is 48.9 Å². The van der Waals surface area contributed by atoms with E-state index in [2.05, 4.69) is 5.32 Å². The van der Waals surface area contributed by atoms with E-state index in [9.17, 15) is 13.2 Å². The van der Waals surface area contributed by atoms with Crippen LogP contribution < -0.4 is 5.32 Å². The number of nitrogens with one attached hydrogen (secondary N) is 1. The molecule has 0 aliphatic rings. The lowest BCUT2D eigenvalue weighted by atomic mass is 10.0. The summed E-state index contributed by atoms with van der Waals surface area (Å²) in [5.41, 5.74) is 0.929. The van der Waals surface area contributed by atoms with E-state index in [1.54, 1.807) is 30.3 Å². The van der Waals surface area contributed by atoms with E-state index in [0.29, 0.717) is 11.4 Å². The third-order valence-corrected chi connectivity index (χ3v) is 6.21. The number of carbonyl (C=O) groups is 1. The maximum atomic E-state index is 12.5. The standard InChI is InChI=1S/C21H20ClNO4S/c1-2-19(15-8-10-16(22)11-9-15)23-21(24)20-13-12-17(27-20)14-28(25,26)18-6-4-3-5-7-18/h3-13,19H,2,14H2,1H3,(H,23,24). The van der Waals surface area contributed by atoms with Crippen LogP contribution in [0.1, 0.15) is 41.3 Å². The van der Waals surface area contributed by atoms with Crippen molar-refractivity contribution in [2.24, 2.45) is 0 Å². The number of halogens is 1. The summed E-state index contributed by atoms with van der Waals surface area (Å²) in [4.78, 5) is 12.7. The predicted molar refractivity (Wildman–Crippen MR) is 108 cm³/mol. The van der Waals surface area contributed by atoms with Crippen molar-refractivity contribution in [1.29, 1.82) is 0 Å². The second-order valence-electron chi connectivity index (χ2n) is 6.32. The number of sulfone groups is 1. The molecule has 1 amide bonds. The summed E-state index contributed by atoms with van der Waals surface area (Å²) in [5.74, 6) is -0.414. The molecule has 1 N–H and O–H groups in total. The van der Waals surface area contributed by atoms with E-state index in [-0.39, 0.29) is 28.2 Å². The van der Waals surface area contributed by atoms with Gasteiger partial charge in [0.1, 0.15) is 11.5 Å². The molecule has 5 nitrogen and oxygen atoms in total. The Kier molecular flexibility index (Phi) is 6.21. The second kappa shape index (κ2) is 8.63. The fraction of sp³-hybridized carbons (Fsp3) is 0.190. The van der Waals surface area contributed by atoms with Crippen LogP contribution >= 0.6 is 11.6 Å². The van der Waals surface area contributed by atoms with Crippen LogP contribution in [0.3, 0.4) is 0 Å². The number of furan rings is 1. The zero-order chi connectivity index (χ0) is 20.1. The smallest absolute Gasteiger partial charge is 0.287 e. The molecule has 0 radical (unpaired) electrons. The van der Waals surface area contributed by atoms with Gasteiger partial charge in [-0.05, 0) is 48.4 Å². The topological polar surface area (TPSA) is 76.4 Å². The highest BCUT2D eigenvalue weighted by Crippen LogP contribution is 2.21. The minimum absolute atomic E-state index is 0.0747. The first-order valence-corrected chi connectivity index (χ1v) is 10.8. The van der Waals surface area contributed by atoms with Crippen molar-refractivity contribution in [1.82, 2.24) is 5.32 Å². The van der Waals surface area contributed by atoms with Crippen LogP contribution in [0.25, 0.3) is 0 Å². The molecule has 0 spiro atoms. The molecule has 3 rings (SSSR count). The Bertz CT molecular complexity index is 1040. The third kappa shape index (κ3) is 4.82. The highest BCUT2D eigenvalue weighted by molar-refractivity contribution is 7.90. The van der Waals surface area contributed by atoms with Crippen LogP contribution in [0.5, 0.6) is 0 Å². The van der Waals surface area contributed by atoms with Crippen LogP contribution in [0.15, 0.2) is 76.0 Å². The zero-order valence-corrected chi connectivity index (χ0v) is 16.8. The van der Waals surface area contributed by atoms with Gasteiger partial charge in [0, 0.05) is 5.02 Å². The van der Waals surface area contributed by atoms with E-state index in [1.165, 1.54) is 24.3 Å². The maximum Gasteiger partial charge on any atom is 0.287 e. The van der Waals surface area contributed by atoms with Gasteiger partial charge >= 0.3 is 0 Å². The van der Waals surface area contributed by atoms with Gasteiger partial charge in [0.05, 0.1) is 10.9 Å². The molecule has 0 aliphatic heterocycles. The first kappa shape index (κ1) is 20.2. The minimum atomic E-state index is -3.54. The number of hydrogen-bond donors (Lipinski definition) is 1. The van der Waals surface area contributed by atoms with E-state index in [1.807, 2.05) is 19.1 Å². The number of carbonyl (C=O) groups excluding carboxylic acids is 1. The molecule has 7 heteroatoms. The Morgan fingerprint density at radius 1 is 1.04 bits per heavy atom. The monoisotopic (exact) mass is 417 g/mol. The number of rotatable bonds is 7. The van der Waals surface area contributed by atoms with Gasteiger partial charge < -0.3 is 9.73 Å². The van der Waals surface area contributed by atoms with Crippen LogP contribution in [-0.2, 0) is 15.6 Å². The van der Waals surface area contributed by atoms with Crippen molar-refractivity contribution < 1.29 is 17.6 Å². The largest absolute Gasteiger partial charge is 0.455 e. The van der Waals surface area contributed by atoms with Crippen molar-refractivity contribution in [2.45, 2.75) is 30.0 Å². The molecule has 0 fully saturated rings. The lowest BCUT2D eigenvalue weighted by molar-refractivity contribution is 0.0906. The lowest BCUT2D eigenvalue weighted by Gasteiger charge is -2.16. The Morgan fingerprint density at radius 2 is 1.71 bits per heavy atom. The van der Waals surface area contributed by atoms with Gasteiger partial charge in [-0.25, -0.2) is 8.42 Å². The van der Waals surface area contributed by atoms with Crippen LogP contribution in [0.4, 0.5) is 0 Å². The van der Waals surface area contributed by atoms with Crippen LogP contribution in [0, 0.1) is 0 Å². The van der Waals surface area contributed by atoms with Gasteiger partial charge in [0.2, 0.25) is 0 Å². The van der Waals surface area contributed by atoms with Gasteiger partial charge in [0.25, 0.3) is 5.91 Å². The summed E-state index contributed by atoms with van der Waals surface area (Å²) in [6.07, 6.45) is 0.684. The normalized spacial score (nSPS) is 12.5. The number of amides is 1. The quantitative estimate of drug-likeness (QED) is 0.599. The first-order chi connectivity index (χ1) is 13.4. The van der Waals surface area contributed by atoms with Gasteiger partial charge in [-0.3, -0.25) is 4.79 Å². The molecule has 1 unspecified atom stereocenters. The molecule has 0 bridgehead atoms. The maximum absolute atomic E-state index is 12.5. The fourth-order valence-electron chi connectivity index (χ4n) is 2.82. The molecule has 2 aromatic carbocycles. The molecule has 0 aliphatic carbocycles. The summed E-state index contributed by atoms with van der Waals surface area (Å²) < 4.78 is 30.4. The molecule has 1 aromatic heterocycles. The summed E-state index contributed by atoms with van der Waals surface area (Å²) >= 11 is 5.91. The van der Waals surface area contributed by atoms with Crippen LogP contribution in [0.2, 0.25) is 5.02 Å². The summed E-state index contributed by atoms with van der Waals surface area (Å²) in [6, 6.07) is 18.2. The van der Waals surface area contributed by atoms with E-state index in [4.69, 9.17) is 16.0 Å². The van der Waals surface area contributed by atoms with Crippen molar-refractivity contribution in [3.8, 4) is 0 Å². The Hall–Kier alpha value is -2.57. The Balaban J connectivity index is 1.70. The van der Waals surface area contributed by atoms with Crippen molar-refractivity contribution in [2.75, 3.05) is 0 Å². The molecular weight excluding hydrogens is 398 g/mol. The SMILES string of the molecule is CCC(NC(=O)c1ccc(CS(=O)(=O)c2ccccc2)o1)c1ccc(Cl)cc1. The Morgan fingerprint density at radius 3 is 2.36 bits per heavy atom. The van der Waals surface area contributed by atoms with Crippen LogP contribution in [-0.4, -0.2) is 14.3 Å². The third-order valence-electron chi connectivity index (χ3n) is 4.31. The molecule has 146 valence electrons. The fourth-order valence-corrected chi connectivity index (χ4v) is 4.22. The Labute approximate surface area is 169 Å². The van der Waals surface area contributed by atoms with E-state index >= 15 is 0 Å². The molecule has 1 heterocycles. The van der Waals surface area contributed by atoms with Gasteiger partial charge in [-0.2, -0.15) is 0 Å².